The molecule has 1 N–H and O–H groups in total. The lowest BCUT2D eigenvalue weighted by Gasteiger charge is -2.46. The Balaban J connectivity index is 1.40. The predicted molar refractivity (Wildman–Crippen MR) is 145 cm³/mol. The number of benzene rings is 3. The number of hydrogen-bond donors (Lipinski definition) is 1. The molecule has 190 valence electrons. The van der Waals surface area contributed by atoms with Crippen molar-refractivity contribution in [2.24, 2.45) is 5.92 Å². The number of carbonyl (C=O) groups is 1. The number of carbonyl (C=O) groups excluding carboxylic acids is 1. The molecular weight excluding hydrogens is 495 g/mol. The van der Waals surface area contributed by atoms with Crippen molar-refractivity contribution in [3.63, 3.8) is 0 Å². The van der Waals surface area contributed by atoms with Crippen LogP contribution in [0.4, 0.5) is 0 Å². The minimum absolute atomic E-state index is 0.0877. The Bertz CT molecular complexity index is 1220. The summed E-state index contributed by atoms with van der Waals surface area (Å²) in [6.07, 6.45) is 1.33. The quantitative estimate of drug-likeness (QED) is 0.438. The molecule has 0 amide bonds. The van der Waals surface area contributed by atoms with Crippen LogP contribution >= 0.6 is 23.2 Å². The second-order valence-corrected chi connectivity index (χ2v) is 11.0. The van der Waals surface area contributed by atoms with Crippen molar-refractivity contribution in [2.75, 3.05) is 39.8 Å². The SMILES string of the molecule is CN1CCN(CC2CC(OC(=O)c3c(Cl)cccc3Cl)CCC2(O)c2ccc3ccccc3c2)CC1. The highest BCUT2D eigenvalue weighted by Crippen LogP contribution is 2.44. The van der Waals surface area contributed by atoms with Crippen LogP contribution in [-0.4, -0.2) is 66.8 Å². The third kappa shape index (κ3) is 5.27. The zero-order valence-corrected chi connectivity index (χ0v) is 22.0. The van der Waals surface area contributed by atoms with Crippen LogP contribution in [-0.2, 0) is 10.3 Å². The molecule has 5 rings (SSSR count). The van der Waals surface area contributed by atoms with Crippen LogP contribution in [0.25, 0.3) is 10.8 Å². The van der Waals surface area contributed by atoms with Crippen LogP contribution in [0.15, 0.2) is 60.7 Å². The number of rotatable bonds is 5. The van der Waals surface area contributed by atoms with E-state index >= 15 is 0 Å². The summed E-state index contributed by atoms with van der Waals surface area (Å²) in [4.78, 5) is 17.7. The zero-order valence-electron chi connectivity index (χ0n) is 20.5. The van der Waals surface area contributed by atoms with E-state index in [1.165, 1.54) is 0 Å². The Morgan fingerprint density at radius 2 is 1.69 bits per heavy atom. The average Bonchev–Trinajstić information content (AvgIpc) is 2.87. The molecule has 5 nitrogen and oxygen atoms in total. The van der Waals surface area contributed by atoms with Crippen molar-refractivity contribution in [1.82, 2.24) is 9.80 Å². The van der Waals surface area contributed by atoms with Gasteiger partial charge in [-0.05, 0) is 60.8 Å². The topological polar surface area (TPSA) is 53.0 Å². The highest BCUT2D eigenvalue weighted by atomic mass is 35.5. The summed E-state index contributed by atoms with van der Waals surface area (Å²) in [6, 6.07) is 19.4. The van der Waals surface area contributed by atoms with Gasteiger partial charge in [-0.1, -0.05) is 65.7 Å². The van der Waals surface area contributed by atoms with E-state index in [0.717, 1.165) is 49.1 Å². The molecule has 1 saturated carbocycles. The first-order valence-corrected chi connectivity index (χ1v) is 13.4. The number of halogens is 2. The maximum Gasteiger partial charge on any atom is 0.341 e. The molecular formula is C29H32Cl2N2O3. The Labute approximate surface area is 222 Å². The Morgan fingerprint density at radius 1 is 1.00 bits per heavy atom. The molecule has 36 heavy (non-hydrogen) atoms. The molecule has 1 heterocycles. The van der Waals surface area contributed by atoms with Gasteiger partial charge in [0.15, 0.2) is 0 Å². The van der Waals surface area contributed by atoms with Crippen molar-refractivity contribution in [3.8, 4) is 0 Å². The highest BCUT2D eigenvalue weighted by Gasteiger charge is 2.45. The van der Waals surface area contributed by atoms with Gasteiger partial charge in [0.2, 0.25) is 0 Å². The smallest absolute Gasteiger partial charge is 0.341 e. The van der Waals surface area contributed by atoms with E-state index in [-0.39, 0.29) is 27.6 Å². The minimum atomic E-state index is -1.00. The molecule has 0 bridgehead atoms. The molecule has 2 aliphatic rings. The van der Waals surface area contributed by atoms with Crippen LogP contribution in [0, 0.1) is 5.92 Å². The summed E-state index contributed by atoms with van der Waals surface area (Å²) >= 11 is 12.5. The second kappa shape index (κ2) is 10.7. The molecule has 3 unspecified atom stereocenters. The number of hydrogen-bond acceptors (Lipinski definition) is 5. The van der Waals surface area contributed by atoms with Crippen molar-refractivity contribution in [1.29, 1.82) is 0 Å². The minimum Gasteiger partial charge on any atom is -0.459 e. The average molecular weight is 527 g/mol. The third-order valence-electron chi connectivity index (χ3n) is 7.83. The fourth-order valence-electron chi connectivity index (χ4n) is 5.63. The van der Waals surface area contributed by atoms with Gasteiger partial charge >= 0.3 is 5.97 Å². The number of fused-ring (bicyclic) bond motifs is 1. The Kier molecular flexibility index (Phi) is 7.57. The maximum atomic E-state index is 13.0. The van der Waals surface area contributed by atoms with Gasteiger partial charge in [-0.2, -0.15) is 0 Å². The summed E-state index contributed by atoms with van der Waals surface area (Å²) in [5.41, 5.74) is 0.129. The molecule has 3 aromatic carbocycles. The van der Waals surface area contributed by atoms with E-state index in [9.17, 15) is 9.90 Å². The summed E-state index contributed by atoms with van der Waals surface area (Å²) in [5.74, 6) is -0.597. The van der Waals surface area contributed by atoms with E-state index < -0.39 is 11.6 Å². The van der Waals surface area contributed by atoms with Crippen molar-refractivity contribution >= 4 is 39.9 Å². The monoisotopic (exact) mass is 526 g/mol. The first kappa shape index (κ1) is 25.5. The number of esters is 1. The van der Waals surface area contributed by atoms with Gasteiger partial charge in [0.25, 0.3) is 0 Å². The number of aliphatic hydroxyl groups is 1. The fraction of sp³-hybridized carbons (Fsp3) is 0.414. The van der Waals surface area contributed by atoms with E-state index in [4.69, 9.17) is 27.9 Å². The number of ether oxygens (including phenoxy) is 1. The third-order valence-corrected chi connectivity index (χ3v) is 8.46. The number of nitrogens with zero attached hydrogens (tertiary/aromatic N) is 2. The van der Waals surface area contributed by atoms with Gasteiger partial charge in [0.1, 0.15) is 6.10 Å². The molecule has 2 fully saturated rings. The van der Waals surface area contributed by atoms with Crippen LogP contribution in [0.5, 0.6) is 0 Å². The van der Waals surface area contributed by atoms with Crippen LogP contribution < -0.4 is 0 Å². The lowest BCUT2D eigenvalue weighted by atomic mass is 9.70. The molecule has 1 aliphatic heterocycles. The van der Waals surface area contributed by atoms with Gasteiger partial charge < -0.3 is 19.6 Å². The van der Waals surface area contributed by atoms with Crippen molar-refractivity contribution < 1.29 is 14.6 Å². The molecule has 0 aromatic heterocycles. The van der Waals surface area contributed by atoms with E-state index in [0.29, 0.717) is 19.3 Å². The lowest BCUT2D eigenvalue weighted by molar-refractivity contribution is -0.100. The van der Waals surface area contributed by atoms with Crippen LogP contribution in [0.2, 0.25) is 10.0 Å². The number of piperazine rings is 1. The molecule has 0 spiro atoms. The number of likely N-dealkylation sites (N-methyl/N-ethyl adjacent to an activating group) is 1. The second-order valence-electron chi connectivity index (χ2n) is 10.2. The van der Waals surface area contributed by atoms with E-state index in [1.807, 2.05) is 12.1 Å². The first-order chi connectivity index (χ1) is 17.3. The molecule has 1 saturated heterocycles. The van der Waals surface area contributed by atoms with Gasteiger partial charge in [0, 0.05) is 38.6 Å². The normalized spacial score (nSPS) is 25.7. The van der Waals surface area contributed by atoms with Crippen molar-refractivity contribution in [3.05, 3.63) is 81.8 Å². The van der Waals surface area contributed by atoms with Crippen LogP contribution in [0.1, 0.15) is 35.2 Å². The Morgan fingerprint density at radius 3 is 2.42 bits per heavy atom. The molecule has 0 radical (unpaired) electrons. The summed E-state index contributed by atoms with van der Waals surface area (Å²) in [7, 11) is 2.14. The van der Waals surface area contributed by atoms with E-state index in [1.54, 1.807) is 18.2 Å². The van der Waals surface area contributed by atoms with Gasteiger partial charge in [-0.3, -0.25) is 0 Å². The van der Waals surface area contributed by atoms with Crippen LogP contribution in [0.3, 0.4) is 0 Å². The van der Waals surface area contributed by atoms with Gasteiger partial charge in [-0.25, -0.2) is 4.79 Å². The molecule has 1 aliphatic carbocycles. The molecule has 3 atom stereocenters. The highest BCUT2D eigenvalue weighted by molar-refractivity contribution is 6.39. The summed E-state index contributed by atoms with van der Waals surface area (Å²) in [5, 5.41) is 15.0. The lowest BCUT2D eigenvalue weighted by Crippen LogP contribution is -2.52. The molecule has 7 heteroatoms. The first-order valence-electron chi connectivity index (χ1n) is 12.6. The summed E-state index contributed by atoms with van der Waals surface area (Å²) in [6.45, 7) is 4.67. The zero-order chi connectivity index (χ0) is 25.3. The maximum absolute atomic E-state index is 13.0. The van der Waals surface area contributed by atoms with Gasteiger partial charge in [-0.15, -0.1) is 0 Å². The molecule has 3 aromatic rings. The fourth-order valence-corrected chi connectivity index (χ4v) is 6.18. The largest absolute Gasteiger partial charge is 0.459 e. The van der Waals surface area contributed by atoms with Crippen molar-refractivity contribution in [2.45, 2.75) is 31.0 Å². The van der Waals surface area contributed by atoms with Gasteiger partial charge in [0.05, 0.1) is 21.2 Å². The summed E-state index contributed by atoms with van der Waals surface area (Å²) < 4.78 is 5.93. The predicted octanol–water partition coefficient (Wildman–Crippen LogP) is 5.61. The Hall–Kier alpha value is -2.15. The van der Waals surface area contributed by atoms with E-state index in [2.05, 4.69) is 47.2 Å². The standard InChI is InChI=1S/C29H32Cl2N2O3/c1-32-13-15-33(16-14-32)19-23-18-24(36-28(34)27-25(30)7-4-8-26(27)31)11-12-29(23,35)22-10-9-20-5-2-3-6-21(20)17-22/h2-10,17,23-24,35H,11-16,18-19H2,1H3.